The third-order valence-corrected chi connectivity index (χ3v) is 5.57. The highest BCUT2D eigenvalue weighted by molar-refractivity contribution is 5.87. The second kappa shape index (κ2) is 16.2. The number of carbonyl (C=O) groups is 3. The molecule has 0 heterocycles. The van der Waals surface area contributed by atoms with Gasteiger partial charge in [0.15, 0.2) is 0 Å². The second-order valence-corrected chi connectivity index (χ2v) is 9.44. The largest absolute Gasteiger partial charge is 0.488 e. The van der Waals surface area contributed by atoms with E-state index < -0.39 is 141 Å². The molecule has 50 heavy (non-hydrogen) atoms. The maximum Gasteiger partial charge on any atom is 0.449 e. The number of hydrogen-bond acceptors (Lipinski definition) is 7. The summed E-state index contributed by atoms with van der Waals surface area (Å²) in [7, 11) is 0. The van der Waals surface area contributed by atoms with Gasteiger partial charge in [0.2, 0.25) is 17.1 Å². The van der Waals surface area contributed by atoms with Gasteiger partial charge in [-0.15, -0.1) is 0 Å². The van der Waals surface area contributed by atoms with Crippen LogP contribution in [0.1, 0.15) is 13.8 Å². The first-order valence-electron chi connectivity index (χ1n) is 11.8. The Morgan fingerprint density at radius 1 is 0.440 bits per heavy atom. The Hall–Kier alpha value is -4.23. The van der Waals surface area contributed by atoms with Gasteiger partial charge in [-0.2, -0.15) is 79.0 Å². The van der Waals surface area contributed by atoms with Gasteiger partial charge in [0, 0.05) is 0 Å². The van der Waals surface area contributed by atoms with E-state index in [0.29, 0.717) is 0 Å². The van der Waals surface area contributed by atoms with Crippen molar-refractivity contribution in [2.45, 2.75) is 43.7 Å². The normalized spacial score (nSPS) is 14.7. The van der Waals surface area contributed by atoms with E-state index in [1.54, 1.807) is 0 Å². The topological polar surface area (TPSA) is 88.1 Å². The van der Waals surface area contributed by atoms with Gasteiger partial charge in [-0.05, 0) is 13.8 Å². The predicted molar refractivity (Wildman–Crippen MR) is 117 cm³/mol. The maximum atomic E-state index is 14.9. The van der Waals surface area contributed by atoms with Crippen LogP contribution in [0.3, 0.4) is 0 Å². The summed E-state index contributed by atoms with van der Waals surface area (Å²) in [6.07, 6.45) is -31.4. The molecule has 2 atom stereocenters. The molecule has 0 aliphatic carbocycles. The SMILES string of the molecule is CC(F)(C(=C(OCC(COC(=O)C(F)=C(F)F)(COC(=O)C(F)=C(F)F)COC(=O)C(F)=C(F)F)C(F)(F)F)C(C)(F)C(F)(F)F)C(F)(F)F. The van der Waals surface area contributed by atoms with Crippen molar-refractivity contribution in [3.8, 4) is 0 Å². The lowest BCUT2D eigenvalue weighted by molar-refractivity contribution is -0.249. The van der Waals surface area contributed by atoms with Gasteiger partial charge in [0.1, 0.15) is 31.8 Å². The summed E-state index contributed by atoms with van der Waals surface area (Å²) in [5, 5.41) is 0. The Kier molecular flexibility index (Phi) is 14.8. The lowest BCUT2D eigenvalue weighted by Gasteiger charge is -2.38. The predicted octanol–water partition coefficient (Wildman–Crippen LogP) is 8.25. The van der Waals surface area contributed by atoms with E-state index in [1.165, 1.54) is 0 Å². The first kappa shape index (κ1) is 45.8. The molecule has 0 aromatic heterocycles. The third-order valence-electron chi connectivity index (χ3n) is 5.57. The quantitative estimate of drug-likeness (QED) is 0.0577. The fourth-order valence-electron chi connectivity index (χ4n) is 3.00. The van der Waals surface area contributed by atoms with E-state index in [0.717, 1.165) is 0 Å². The van der Waals surface area contributed by atoms with Crippen LogP contribution in [-0.4, -0.2) is 74.2 Å². The van der Waals surface area contributed by atoms with E-state index in [-0.39, 0.29) is 0 Å². The molecule has 0 fully saturated rings. The van der Waals surface area contributed by atoms with Crippen LogP contribution in [0.5, 0.6) is 0 Å². The van der Waals surface area contributed by atoms with Crippen LogP contribution in [0.25, 0.3) is 0 Å². The van der Waals surface area contributed by atoms with Crippen LogP contribution >= 0.6 is 0 Å². The molecule has 0 amide bonds. The van der Waals surface area contributed by atoms with Crippen LogP contribution < -0.4 is 0 Å². The van der Waals surface area contributed by atoms with Crippen molar-refractivity contribution in [3.05, 3.63) is 47.1 Å². The van der Waals surface area contributed by atoms with Crippen molar-refractivity contribution in [2.75, 3.05) is 26.4 Å². The molecular weight excluding hydrogens is 768 g/mol. The molecule has 27 heteroatoms. The van der Waals surface area contributed by atoms with E-state index in [4.69, 9.17) is 0 Å². The molecule has 0 saturated heterocycles. The molecule has 288 valence electrons. The molecule has 0 aromatic rings. The fraction of sp³-hybridized carbons (Fsp3) is 0.522. The van der Waals surface area contributed by atoms with Crippen LogP contribution in [0.2, 0.25) is 0 Å². The maximum absolute atomic E-state index is 14.9. The number of rotatable bonds is 14. The molecule has 0 rings (SSSR count). The molecule has 0 N–H and O–H groups in total. The number of carbonyl (C=O) groups excluding carboxylic acids is 3. The van der Waals surface area contributed by atoms with Crippen molar-refractivity contribution in [1.82, 2.24) is 0 Å². The minimum absolute atomic E-state index is 1.10. The number of alkyl halides is 11. The minimum Gasteiger partial charge on any atom is -0.488 e. The summed E-state index contributed by atoms with van der Waals surface area (Å²) in [6, 6.07) is 0. The lowest BCUT2D eigenvalue weighted by Crippen LogP contribution is -2.54. The molecule has 0 spiro atoms. The van der Waals surface area contributed by atoms with E-state index in [9.17, 15) is 102 Å². The summed E-state index contributed by atoms with van der Waals surface area (Å²) in [5.41, 5.74) is -19.9. The van der Waals surface area contributed by atoms with Gasteiger partial charge >= 0.3 is 54.7 Å². The number of hydrogen-bond donors (Lipinski definition) is 0. The average Bonchev–Trinajstić information content (AvgIpc) is 2.95. The monoisotopic (exact) mass is 782 g/mol. The highest BCUT2D eigenvalue weighted by Gasteiger charge is 2.70. The Morgan fingerprint density at radius 2 is 0.680 bits per heavy atom. The Morgan fingerprint density at radius 3 is 0.880 bits per heavy atom. The van der Waals surface area contributed by atoms with Gasteiger partial charge < -0.3 is 18.9 Å². The number of halogens is 20. The highest BCUT2D eigenvalue weighted by atomic mass is 19.4. The summed E-state index contributed by atoms with van der Waals surface area (Å²) >= 11 is 0. The lowest BCUT2D eigenvalue weighted by atomic mass is 9.82. The van der Waals surface area contributed by atoms with E-state index in [1.807, 2.05) is 0 Å². The fourth-order valence-corrected chi connectivity index (χ4v) is 3.00. The van der Waals surface area contributed by atoms with Crippen molar-refractivity contribution < 1.29 is 121 Å². The first-order valence-corrected chi connectivity index (χ1v) is 11.8. The Bertz CT molecular complexity index is 1280. The number of esters is 3. The zero-order valence-electron chi connectivity index (χ0n) is 23.7. The number of ether oxygens (including phenoxy) is 4. The molecule has 0 aliphatic heterocycles. The first-order chi connectivity index (χ1) is 22.2. The summed E-state index contributed by atoms with van der Waals surface area (Å²) < 4.78 is 282. The average molecular weight is 782 g/mol. The summed E-state index contributed by atoms with van der Waals surface area (Å²) in [6.45, 7) is -12.2. The number of allylic oxidation sites excluding steroid dienone is 2. The zero-order chi connectivity index (χ0) is 40.0. The van der Waals surface area contributed by atoms with Crippen LogP contribution in [0, 0.1) is 5.41 Å². The van der Waals surface area contributed by atoms with E-state index >= 15 is 0 Å². The molecule has 0 bridgehead atoms. The van der Waals surface area contributed by atoms with Crippen molar-refractivity contribution in [1.29, 1.82) is 0 Å². The summed E-state index contributed by atoms with van der Waals surface area (Å²) in [5.74, 6) is -22.4. The second-order valence-electron chi connectivity index (χ2n) is 9.44. The third kappa shape index (κ3) is 11.4. The van der Waals surface area contributed by atoms with Crippen LogP contribution in [-0.2, 0) is 33.3 Å². The highest BCUT2D eigenvalue weighted by Crippen LogP contribution is 2.53. The van der Waals surface area contributed by atoms with Gasteiger partial charge in [-0.3, -0.25) is 0 Å². The van der Waals surface area contributed by atoms with Gasteiger partial charge in [0.25, 0.3) is 17.5 Å². The molecule has 0 saturated carbocycles. The van der Waals surface area contributed by atoms with Crippen molar-refractivity contribution >= 4 is 17.9 Å². The summed E-state index contributed by atoms with van der Waals surface area (Å²) in [4.78, 5) is 34.6. The van der Waals surface area contributed by atoms with Crippen molar-refractivity contribution in [3.63, 3.8) is 0 Å². The van der Waals surface area contributed by atoms with Crippen LogP contribution in [0.4, 0.5) is 87.8 Å². The molecular formula is C23H14F20O7. The van der Waals surface area contributed by atoms with Gasteiger partial charge in [-0.1, -0.05) is 0 Å². The standard InChI is InChI=1S/C23H14F20O7/c1-18(33,22(38,39)40)10(19(2,34)23(41,42)43)11(21(35,36)37)47-3-20(4-48-15(44)7(24)12(27)28,5-49-16(45)8(25)13(29)30)6-50-17(46)9(26)14(31)32/h3-6H2,1-2H3. The van der Waals surface area contributed by atoms with Gasteiger partial charge in [0.05, 0.1) is 5.57 Å². The molecule has 2 unspecified atom stereocenters. The Balaban J connectivity index is 7.87. The Labute approximate surface area is 262 Å². The molecule has 0 radical (unpaired) electrons. The zero-order valence-corrected chi connectivity index (χ0v) is 23.7. The van der Waals surface area contributed by atoms with Crippen LogP contribution in [0.15, 0.2) is 47.1 Å². The molecule has 0 aromatic carbocycles. The molecule has 0 aliphatic rings. The minimum atomic E-state index is -6.91. The smallest absolute Gasteiger partial charge is 0.449 e. The van der Waals surface area contributed by atoms with E-state index in [2.05, 4.69) is 18.9 Å². The van der Waals surface area contributed by atoms with Crippen molar-refractivity contribution in [2.24, 2.45) is 5.41 Å². The molecule has 7 nitrogen and oxygen atoms in total. The van der Waals surface area contributed by atoms with Gasteiger partial charge in [-0.25, -0.2) is 23.2 Å².